The van der Waals surface area contributed by atoms with Crippen LogP contribution in [-0.2, 0) is 0 Å². The molecule has 0 heterocycles. The van der Waals surface area contributed by atoms with Gasteiger partial charge >= 0.3 is 0 Å². The minimum Gasteiger partial charge on any atom is -0.497 e. The number of rotatable bonds is 6. The molecular weight excluding hydrogens is 204 g/mol. The molecule has 0 amide bonds. The van der Waals surface area contributed by atoms with Gasteiger partial charge in [-0.3, -0.25) is 0 Å². The molecule has 0 fully saturated rings. The maximum atomic E-state index is 6.07. The van der Waals surface area contributed by atoms with Crippen LogP contribution in [0.2, 0.25) is 0 Å². The Morgan fingerprint density at radius 1 is 1.25 bits per heavy atom. The van der Waals surface area contributed by atoms with E-state index in [0.717, 1.165) is 29.9 Å². The predicted octanol–water partition coefficient (Wildman–Crippen LogP) is 1.44. The minimum atomic E-state index is -0.0376. The molecule has 0 aliphatic carbocycles. The second-order valence-electron chi connectivity index (χ2n) is 3.65. The smallest absolute Gasteiger partial charge is 0.127 e. The molecule has 0 aliphatic heterocycles. The Bertz CT molecular complexity index is 329. The Morgan fingerprint density at radius 2 is 2.00 bits per heavy atom. The van der Waals surface area contributed by atoms with Crippen molar-refractivity contribution in [2.75, 3.05) is 20.8 Å². The van der Waals surface area contributed by atoms with E-state index in [4.69, 9.17) is 20.9 Å². The lowest BCUT2D eigenvalue weighted by atomic mass is 10.0. The quantitative estimate of drug-likeness (QED) is 0.767. The molecule has 0 saturated carbocycles. The first-order chi connectivity index (χ1) is 7.72. The van der Waals surface area contributed by atoms with Crippen LogP contribution in [0.25, 0.3) is 0 Å². The maximum Gasteiger partial charge on any atom is 0.127 e. The zero-order valence-electron chi connectivity index (χ0n) is 9.90. The molecule has 1 unspecified atom stereocenters. The SMILES string of the molecule is COc1ccc(C(N)CCCN)c(OC)c1. The molecule has 0 aromatic heterocycles. The van der Waals surface area contributed by atoms with Gasteiger partial charge in [0, 0.05) is 17.7 Å². The van der Waals surface area contributed by atoms with E-state index in [1.165, 1.54) is 0 Å². The summed E-state index contributed by atoms with van der Waals surface area (Å²) in [7, 11) is 3.26. The molecule has 1 rings (SSSR count). The van der Waals surface area contributed by atoms with Crippen molar-refractivity contribution in [3.8, 4) is 11.5 Å². The molecule has 4 N–H and O–H groups in total. The number of hydrogen-bond acceptors (Lipinski definition) is 4. The third-order valence-electron chi connectivity index (χ3n) is 2.56. The summed E-state index contributed by atoms with van der Waals surface area (Å²) in [5.41, 5.74) is 12.5. The summed E-state index contributed by atoms with van der Waals surface area (Å²) in [4.78, 5) is 0. The topological polar surface area (TPSA) is 70.5 Å². The van der Waals surface area contributed by atoms with Crippen molar-refractivity contribution in [1.82, 2.24) is 0 Å². The van der Waals surface area contributed by atoms with Crippen LogP contribution in [0, 0.1) is 0 Å². The van der Waals surface area contributed by atoms with Crippen LogP contribution in [-0.4, -0.2) is 20.8 Å². The zero-order valence-corrected chi connectivity index (χ0v) is 9.90. The van der Waals surface area contributed by atoms with Gasteiger partial charge in [-0.15, -0.1) is 0 Å². The molecule has 16 heavy (non-hydrogen) atoms. The van der Waals surface area contributed by atoms with E-state index in [0.29, 0.717) is 6.54 Å². The Labute approximate surface area is 96.5 Å². The molecule has 0 aliphatic rings. The monoisotopic (exact) mass is 224 g/mol. The minimum absolute atomic E-state index is 0.0376. The molecule has 1 atom stereocenters. The highest BCUT2D eigenvalue weighted by Crippen LogP contribution is 2.30. The van der Waals surface area contributed by atoms with E-state index in [1.807, 2.05) is 18.2 Å². The molecule has 4 heteroatoms. The lowest BCUT2D eigenvalue weighted by Crippen LogP contribution is -2.13. The lowest BCUT2D eigenvalue weighted by Gasteiger charge is -2.16. The van der Waals surface area contributed by atoms with E-state index in [1.54, 1.807) is 14.2 Å². The van der Waals surface area contributed by atoms with Gasteiger partial charge in [-0.1, -0.05) is 6.07 Å². The van der Waals surface area contributed by atoms with Gasteiger partial charge in [0.2, 0.25) is 0 Å². The highest BCUT2D eigenvalue weighted by Gasteiger charge is 2.12. The second kappa shape index (κ2) is 6.35. The van der Waals surface area contributed by atoms with E-state index < -0.39 is 0 Å². The number of ether oxygens (including phenoxy) is 2. The molecular formula is C12H20N2O2. The second-order valence-corrected chi connectivity index (χ2v) is 3.65. The fourth-order valence-electron chi connectivity index (χ4n) is 1.62. The average Bonchev–Trinajstić information content (AvgIpc) is 2.34. The predicted molar refractivity (Wildman–Crippen MR) is 64.8 cm³/mol. The number of hydrogen-bond donors (Lipinski definition) is 2. The summed E-state index contributed by atoms with van der Waals surface area (Å²) in [6.45, 7) is 0.659. The van der Waals surface area contributed by atoms with Gasteiger partial charge in [-0.25, -0.2) is 0 Å². The van der Waals surface area contributed by atoms with E-state index >= 15 is 0 Å². The number of benzene rings is 1. The lowest BCUT2D eigenvalue weighted by molar-refractivity contribution is 0.387. The van der Waals surface area contributed by atoms with Crippen LogP contribution in [0.4, 0.5) is 0 Å². The zero-order chi connectivity index (χ0) is 12.0. The van der Waals surface area contributed by atoms with Gasteiger partial charge < -0.3 is 20.9 Å². The molecule has 0 saturated heterocycles. The van der Waals surface area contributed by atoms with Crippen molar-refractivity contribution in [3.05, 3.63) is 23.8 Å². The summed E-state index contributed by atoms with van der Waals surface area (Å²) in [5.74, 6) is 1.54. The van der Waals surface area contributed by atoms with E-state index in [9.17, 15) is 0 Å². The number of nitrogens with two attached hydrogens (primary N) is 2. The summed E-state index contributed by atoms with van der Waals surface area (Å²) >= 11 is 0. The van der Waals surface area contributed by atoms with Crippen LogP contribution in [0.1, 0.15) is 24.4 Å². The maximum absolute atomic E-state index is 6.07. The van der Waals surface area contributed by atoms with Crippen molar-refractivity contribution in [2.24, 2.45) is 11.5 Å². The van der Waals surface area contributed by atoms with Crippen LogP contribution in [0.3, 0.4) is 0 Å². The van der Waals surface area contributed by atoms with Gasteiger partial charge in [0.1, 0.15) is 11.5 Å². The largest absolute Gasteiger partial charge is 0.497 e. The van der Waals surface area contributed by atoms with Gasteiger partial charge in [0.15, 0.2) is 0 Å². The van der Waals surface area contributed by atoms with E-state index in [-0.39, 0.29) is 6.04 Å². The van der Waals surface area contributed by atoms with Crippen molar-refractivity contribution in [2.45, 2.75) is 18.9 Å². The summed E-state index contributed by atoms with van der Waals surface area (Å²) in [6, 6.07) is 5.64. The molecule has 0 radical (unpaired) electrons. The Kier molecular flexibility index (Phi) is 5.08. The molecule has 90 valence electrons. The van der Waals surface area contributed by atoms with Crippen LogP contribution in [0.5, 0.6) is 11.5 Å². The van der Waals surface area contributed by atoms with Crippen molar-refractivity contribution in [1.29, 1.82) is 0 Å². The summed E-state index contributed by atoms with van der Waals surface area (Å²) in [5, 5.41) is 0. The fraction of sp³-hybridized carbons (Fsp3) is 0.500. The first-order valence-electron chi connectivity index (χ1n) is 5.40. The summed E-state index contributed by atoms with van der Waals surface area (Å²) < 4.78 is 10.4. The Hall–Kier alpha value is -1.26. The van der Waals surface area contributed by atoms with Gasteiger partial charge in [0.25, 0.3) is 0 Å². The van der Waals surface area contributed by atoms with Crippen molar-refractivity contribution >= 4 is 0 Å². The first kappa shape index (κ1) is 12.8. The summed E-state index contributed by atoms with van der Waals surface area (Å²) in [6.07, 6.45) is 1.77. The molecule has 0 bridgehead atoms. The third-order valence-corrected chi connectivity index (χ3v) is 2.56. The molecule has 0 spiro atoms. The average molecular weight is 224 g/mol. The Balaban J connectivity index is 2.85. The van der Waals surface area contributed by atoms with Crippen LogP contribution in [0.15, 0.2) is 18.2 Å². The highest BCUT2D eigenvalue weighted by molar-refractivity contribution is 5.42. The van der Waals surface area contributed by atoms with Gasteiger partial charge in [-0.2, -0.15) is 0 Å². The van der Waals surface area contributed by atoms with Crippen molar-refractivity contribution in [3.63, 3.8) is 0 Å². The Morgan fingerprint density at radius 3 is 2.56 bits per heavy atom. The standard InChI is InChI=1S/C12H20N2O2/c1-15-9-5-6-10(12(8-9)16-2)11(14)4-3-7-13/h5-6,8,11H,3-4,7,13-14H2,1-2H3. The number of methoxy groups -OCH3 is 2. The van der Waals surface area contributed by atoms with Crippen LogP contribution >= 0.6 is 0 Å². The normalized spacial score (nSPS) is 12.2. The van der Waals surface area contributed by atoms with Gasteiger partial charge in [0.05, 0.1) is 14.2 Å². The van der Waals surface area contributed by atoms with Crippen LogP contribution < -0.4 is 20.9 Å². The molecule has 4 nitrogen and oxygen atoms in total. The third kappa shape index (κ3) is 3.12. The van der Waals surface area contributed by atoms with Crippen molar-refractivity contribution < 1.29 is 9.47 Å². The highest BCUT2D eigenvalue weighted by atomic mass is 16.5. The fourth-order valence-corrected chi connectivity index (χ4v) is 1.62. The first-order valence-corrected chi connectivity index (χ1v) is 5.40. The molecule has 1 aromatic carbocycles. The van der Waals surface area contributed by atoms with E-state index in [2.05, 4.69) is 0 Å². The van der Waals surface area contributed by atoms with Gasteiger partial charge in [-0.05, 0) is 25.5 Å². The molecule has 1 aromatic rings.